The molecule has 0 N–H and O–H groups in total. The lowest BCUT2D eigenvalue weighted by Crippen LogP contribution is -2.27. The lowest BCUT2D eigenvalue weighted by molar-refractivity contribution is -0.129. The van der Waals surface area contributed by atoms with Crippen molar-refractivity contribution in [1.29, 1.82) is 0 Å². The van der Waals surface area contributed by atoms with Gasteiger partial charge in [-0.1, -0.05) is 23.2 Å². The van der Waals surface area contributed by atoms with Gasteiger partial charge in [-0.2, -0.15) is 0 Å². The Kier molecular flexibility index (Phi) is 6.08. The predicted molar refractivity (Wildman–Crippen MR) is 93.9 cm³/mol. The van der Waals surface area contributed by atoms with Crippen molar-refractivity contribution in [3.05, 3.63) is 50.6 Å². The first-order valence-corrected chi connectivity index (χ1v) is 9.97. The predicted octanol–water partition coefficient (Wildman–Crippen LogP) is 3.88. The Hall–Kier alpha value is -1.08. The molecule has 0 spiro atoms. The van der Waals surface area contributed by atoms with Crippen LogP contribution in [0, 0.1) is 0 Å². The second-order valence-corrected chi connectivity index (χ2v) is 9.32. The summed E-state index contributed by atoms with van der Waals surface area (Å²) in [6.45, 7) is 0.414. The molecular formula is C15H15Cl2NO3S2. The molecular weight excluding hydrogens is 377 g/mol. The summed E-state index contributed by atoms with van der Waals surface area (Å²) in [5.74, 6) is -0.463. The highest BCUT2D eigenvalue weighted by Gasteiger charge is 2.18. The summed E-state index contributed by atoms with van der Waals surface area (Å²) in [6, 6.07) is 9.54. The van der Waals surface area contributed by atoms with Crippen LogP contribution in [0.25, 0.3) is 0 Å². The molecule has 0 aliphatic rings. The molecule has 0 saturated heterocycles. The molecule has 0 atom stereocenters. The van der Waals surface area contributed by atoms with Crippen molar-refractivity contribution in [3.8, 4) is 0 Å². The van der Waals surface area contributed by atoms with E-state index in [1.807, 2.05) is 6.07 Å². The van der Waals surface area contributed by atoms with E-state index in [0.717, 1.165) is 4.88 Å². The Morgan fingerprint density at radius 3 is 2.35 bits per heavy atom. The molecule has 2 aromatic rings. The number of hydrogen-bond acceptors (Lipinski definition) is 4. The van der Waals surface area contributed by atoms with E-state index >= 15 is 0 Å². The quantitative estimate of drug-likeness (QED) is 0.750. The zero-order valence-corrected chi connectivity index (χ0v) is 15.5. The van der Waals surface area contributed by atoms with Crippen LogP contribution < -0.4 is 0 Å². The lowest BCUT2D eigenvalue weighted by atomic mass is 10.4. The van der Waals surface area contributed by atoms with Crippen LogP contribution in [0.2, 0.25) is 9.36 Å². The molecule has 0 unspecified atom stereocenters. The monoisotopic (exact) mass is 391 g/mol. The zero-order chi connectivity index (χ0) is 17.0. The van der Waals surface area contributed by atoms with E-state index in [1.54, 1.807) is 13.1 Å². The smallest absolute Gasteiger partial charge is 0.223 e. The Balaban J connectivity index is 1.93. The first kappa shape index (κ1) is 18.3. The standard InChI is InChI=1S/C15H15Cl2NO3S2/c1-18(10-12-4-7-14(17)22-12)15(19)8-9-23(20,21)13-5-2-11(16)3-6-13/h2-7H,8-10H2,1H3. The molecule has 0 aliphatic carbocycles. The molecule has 1 amide bonds. The second kappa shape index (κ2) is 7.66. The van der Waals surface area contributed by atoms with Crippen molar-refractivity contribution >= 4 is 50.3 Å². The second-order valence-electron chi connectivity index (χ2n) is 4.98. The third kappa shape index (κ3) is 5.21. The van der Waals surface area contributed by atoms with Gasteiger partial charge >= 0.3 is 0 Å². The minimum atomic E-state index is -3.50. The molecule has 1 aromatic heterocycles. The number of thiophene rings is 1. The largest absolute Gasteiger partial charge is 0.341 e. The Labute approximate surface area is 149 Å². The Morgan fingerprint density at radius 1 is 1.13 bits per heavy atom. The van der Waals surface area contributed by atoms with Gasteiger partial charge in [0.25, 0.3) is 0 Å². The highest BCUT2D eigenvalue weighted by molar-refractivity contribution is 7.91. The van der Waals surface area contributed by atoms with Gasteiger partial charge in [-0.25, -0.2) is 8.42 Å². The summed E-state index contributed by atoms with van der Waals surface area (Å²) < 4.78 is 25.1. The molecule has 8 heteroatoms. The Morgan fingerprint density at radius 2 is 1.78 bits per heavy atom. The van der Waals surface area contributed by atoms with Crippen LogP contribution in [0.15, 0.2) is 41.3 Å². The van der Waals surface area contributed by atoms with Crippen LogP contribution in [0.5, 0.6) is 0 Å². The van der Waals surface area contributed by atoms with E-state index in [0.29, 0.717) is 15.9 Å². The van der Waals surface area contributed by atoms with E-state index in [9.17, 15) is 13.2 Å². The summed E-state index contributed by atoms with van der Waals surface area (Å²) in [6.07, 6.45) is -0.0689. The summed E-state index contributed by atoms with van der Waals surface area (Å²) in [7, 11) is -1.86. The third-order valence-corrected chi connectivity index (χ3v) is 6.40. The van der Waals surface area contributed by atoms with Crippen LogP contribution in [0.3, 0.4) is 0 Å². The zero-order valence-electron chi connectivity index (χ0n) is 12.3. The van der Waals surface area contributed by atoms with E-state index in [4.69, 9.17) is 23.2 Å². The molecule has 0 radical (unpaired) electrons. The van der Waals surface area contributed by atoms with Crippen LogP contribution in [-0.2, 0) is 21.2 Å². The average molecular weight is 392 g/mol. The number of hydrogen-bond donors (Lipinski definition) is 0. The van der Waals surface area contributed by atoms with Crippen LogP contribution in [0.1, 0.15) is 11.3 Å². The maximum atomic E-state index is 12.2. The number of rotatable bonds is 6. The molecule has 1 aromatic carbocycles. The molecule has 0 aliphatic heterocycles. The maximum absolute atomic E-state index is 12.2. The summed E-state index contributed by atoms with van der Waals surface area (Å²) in [4.78, 5) is 14.7. The number of nitrogens with zero attached hydrogens (tertiary/aromatic N) is 1. The molecule has 23 heavy (non-hydrogen) atoms. The number of halogens is 2. The maximum Gasteiger partial charge on any atom is 0.223 e. The van der Waals surface area contributed by atoms with Gasteiger partial charge in [0.1, 0.15) is 0 Å². The Bertz CT molecular complexity index is 785. The minimum Gasteiger partial charge on any atom is -0.341 e. The molecule has 124 valence electrons. The average Bonchev–Trinajstić information content (AvgIpc) is 2.90. The molecule has 0 saturated carbocycles. The van der Waals surface area contributed by atoms with Gasteiger partial charge in [0.2, 0.25) is 5.91 Å². The highest BCUT2D eigenvalue weighted by atomic mass is 35.5. The molecule has 4 nitrogen and oxygen atoms in total. The van der Waals surface area contributed by atoms with Crippen LogP contribution in [0.4, 0.5) is 0 Å². The molecule has 1 heterocycles. The minimum absolute atomic E-state index is 0.0689. The molecule has 0 bridgehead atoms. The molecule has 0 fully saturated rings. The normalized spacial score (nSPS) is 11.4. The number of sulfone groups is 1. The van der Waals surface area contributed by atoms with Crippen molar-refractivity contribution in [2.75, 3.05) is 12.8 Å². The topological polar surface area (TPSA) is 54.5 Å². The number of carbonyl (C=O) groups excluding carboxylic acids is 1. The number of benzene rings is 1. The summed E-state index contributed by atoms with van der Waals surface area (Å²) >= 11 is 13.0. The van der Waals surface area contributed by atoms with E-state index in [2.05, 4.69) is 0 Å². The van der Waals surface area contributed by atoms with Gasteiger partial charge in [0, 0.05) is 23.4 Å². The van der Waals surface area contributed by atoms with Gasteiger partial charge in [-0.15, -0.1) is 11.3 Å². The van der Waals surface area contributed by atoms with Crippen molar-refractivity contribution in [3.63, 3.8) is 0 Å². The fourth-order valence-electron chi connectivity index (χ4n) is 1.93. The van der Waals surface area contributed by atoms with E-state index in [1.165, 1.54) is 40.5 Å². The van der Waals surface area contributed by atoms with Crippen LogP contribution >= 0.6 is 34.5 Å². The van der Waals surface area contributed by atoms with Gasteiger partial charge in [-0.3, -0.25) is 4.79 Å². The third-order valence-electron chi connectivity index (χ3n) is 3.21. The summed E-state index contributed by atoms with van der Waals surface area (Å²) in [5.41, 5.74) is 0. The van der Waals surface area contributed by atoms with Crippen molar-refractivity contribution < 1.29 is 13.2 Å². The van der Waals surface area contributed by atoms with Crippen molar-refractivity contribution in [2.45, 2.75) is 17.9 Å². The highest BCUT2D eigenvalue weighted by Crippen LogP contribution is 2.22. The first-order chi connectivity index (χ1) is 10.8. The van der Waals surface area contributed by atoms with Crippen molar-refractivity contribution in [2.24, 2.45) is 0 Å². The number of amides is 1. The van der Waals surface area contributed by atoms with E-state index < -0.39 is 9.84 Å². The number of carbonyl (C=O) groups is 1. The van der Waals surface area contributed by atoms with Crippen molar-refractivity contribution in [1.82, 2.24) is 4.90 Å². The van der Waals surface area contributed by atoms with Crippen LogP contribution in [-0.4, -0.2) is 32.0 Å². The van der Waals surface area contributed by atoms with E-state index in [-0.39, 0.29) is 23.0 Å². The molecule has 2 rings (SSSR count). The fraction of sp³-hybridized carbons (Fsp3) is 0.267. The first-order valence-electron chi connectivity index (χ1n) is 6.74. The summed E-state index contributed by atoms with van der Waals surface area (Å²) in [5, 5.41) is 0.467. The SMILES string of the molecule is CN(Cc1ccc(Cl)s1)C(=O)CCS(=O)(=O)c1ccc(Cl)cc1. The van der Waals surface area contributed by atoms with Gasteiger partial charge in [0.05, 0.1) is 21.5 Å². The fourth-order valence-corrected chi connectivity index (χ4v) is 4.43. The lowest BCUT2D eigenvalue weighted by Gasteiger charge is -2.16. The van der Waals surface area contributed by atoms with Gasteiger partial charge in [0.15, 0.2) is 9.84 Å². The van der Waals surface area contributed by atoms with Gasteiger partial charge in [-0.05, 0) is 36.4 Å². The van der Waals surface area contributed by atoms with Gasteiger partial charge < -0.3 is 4.90 Å².